The number of hydrogen-bond acceptors (Lipinski definition) is 8. The van der Waals surface area contributed by atoms with Crippen LogP contribution in [0, 0.1) is 41.5 Å². The molecule has 6 rings (SSSR count). The number of rotatable bonds is 5. The van der Waals surface area contributed by atoms with Gasteiger partial charge in [-0.3, -0.25) is 0 Å². The standard InChI is InChI=1S/C16H20N2.C14H16N2O2.C14H16N2/c1-9-5-13(6-10(2)15(9)17)14-7-11(3)16(18)12(4)8-14;1-17-13-7-9(3-5-11(13)15)10-4-6-12(16)14(8-10)18-2;1-9-7-11(3-5-13(9)15)12-4-6-14(16)10(2)8-12/h5-8H,17-18H2,1-4H3;3-8H,15-16H2,1-2H3;3-8H,15-16H2,1-2H3. The molecule has 0 unspecified atom stereocenters. The summed E-state index contributed by atoms with van der Waals surface area (Å²) in [5.41, 5.74) is 53.3. The molecule has 8 nitrogen and oxygen atoms in total. The minimum Gasteiger partial charge on any atom is -0.495 e. The summed E-state index contributed by atoms with van der Waals surface area (Å²) in [6.45, 7) is 12.2. The molecule has 52 heavy (non-hydrogen) atoms. The SMILES string of the molecule is COc1cc(-c2ccc(N)c(OC)c2)ccc1N.Cc1cc(-c2cc(C)c(N)c(C)c2)cc(C)c1N.Cc1cc(-c2ccc(N)c(C)c2)ccc1N. The van der Waals surface area contributed by atoms with Crippen molar-refractivity contribution in [3.63, 3.8) is 0 Å². The summed E-state index contributed by atoms with van der Waals surface area (Å²) in [5.74, 6) is 1.31. The minimum atomic E-state index is 0.615. The van der Waals surface area contributed by atoms with Crippen LogP contribution in [-0.2, 0) is 0 Å². The van der Waals surface area contributed by atoms with E-state index in [2.05, 4.69) is 36.4 Å². The maximum Gasteiger partial charge on any atom is 0.142 e. The molecule has 0 aliphatic heterocycles. The first kappa shape index (κ1) is 38.5. The first-order valence-corrected chi connectivity index (χ1v) is 17.0. The molecule has 0 fully saturated rings. The molecular formula is C44H52N6O2. The molecule has 0 saturated heterocycles. The Labute approximate surface area is 308 Å². The van der Waals surface area contributed by atoms with E-state index in [1.54, 1.807) is 14.2 Å². The third kappa shape index (κ3) is 9.08. The van der Waals surface area contributed by atoms with Crippen LogP contribution in [0.1, 0.15) is 33.4 Å². The quantitative estimate of drug-likeness (QED) is 0.0966. The first-order chi connectivity index (χ1) is 24.6. The van der Waals surface area contributed by atoms with Crippen molar-refractivity contribution in [2.45, 2.75) is 41.5 Å². The largest absolute Gasteiger partial charge is 0.495 e. The molecule has 0 saturated carbocycles. The van der Waals surface area contributed by atoms with Crippen molar-refractivity contribution in [2.24, 2.45) is 0 Å². The average molecular weight is 697 g/mol. The fourth-order valence-electron chi connectivity index (χ4n) is 5.77. The van der Waals surface area contributed by atoms with Crippen LogP contribution in [-0.4, -0.2) is 14.2 Å². The average Bonchev–Trinajstić information content (AvgIpc) is 3.12. The second kappa shape index (κ2) is 16.6. The maximum atomic E-state index is 5.99. The van der Waals surface area contributed by atoms with E-state index in [9.17, 15) is 0 Å². The van der Waals surface area contributed by atoms with Crippen LogP contribution in [0.5, 0.6) is 11.5 Å². The molecule has 0 aliphatic rings. The second-order valence-corrected chi connectivity index (χ2v) is 13.1. The highest BCUT2D eigenvalue weighted by Crippen LogP contribution is 2.33. The topological polar surface area (TPSA) is 175 Å². The Bertz CT molecular complexity index is 2010. The van der Waals surface area contributed by atoms with E-state index < -0.39 is 0 Å². The Kier molecular flexibility index (Phi) is 12.3. The highest BCUT2D eigenvalue weighted by Gasteiger charge is 2.09. The van der Waals surface area contributed by atoms with Crippen molar-refractivity contribution < 1.29 is 9.47 Å². The maximum absolute atomic E-state index is 5.99. The number of methoxy groups -OCH3 is 2. The van der Waals surface area contributed by atoms with Gasteiger partial charge in [0.1, 0.15) is 11.5 Å². The predicted octanol–water partition coefficient (Wildman–Crippen LogP) is 9.42. The van der Waals surface area contributed by atoms with Gasteiger partial charge in [0.05, 0.1) is 25.6 Å². The molecular weight excluding hydrogens is 645 g/mol. The summed E-state index contributed by atoms with van der Waals surface area (Å²) in [6, 6.07) is 32.0. The molecule has 0 amide bonds. The Hall–Kier alpha value is -6.28. The zero-order valence-corrected chi connectivity index (χ0v) is 31.5. The van der Waals surface area contributed by atoms with Gasteiger partial charge in [0, 0.05) is 22.7 Å². The van der Waals surface area contributed by atoms with E-state index in [4.69, 9.17) is 43.9 Å². The molecule has 0 heterocycles. The molecule has 0 bridgehead atoms. The zero-order valence-electron chi connectivity index (χ0n) is 31.5. The van der Waals surface area contributed by atoms with Gasteiger partial charge in [-0.15, -0.1) is 0 Å². The number of nitrogen functional groups attached to an aromatic ring is 6. The van der Waals surface area contributed by atoms with Crippen molar-refractivity contribution in [1.82, 2.24) is 0 Å². The highest BCUT2D eigenvalue weighted by atomic mass is 16.5. The van der Waals surface area contributed by atoms with Gasteiger partial charge < -0.3 is 43.9 Å². The summed E-state index contributed by atoms with van der Waals surface area (Å²) >= 11 is 0. The van der Waals surface area contributed by atoms with Gasteiger partial charge in [-0.1, -0.05) is 24.3 Å². The Morgan fingerprint density at radius 1 is 0.308 bits per heavy atom. The zero-order chi connectivity index (χ0) is 38.3. The van der Waals surface area contributed by atoms with Gasteiger partial charge in [-0.25, -0.2) is 0 Å². The molecule has 0 atom stereocenters. The van der Waals surface area contributed by atoms with Gasteiger partial charge in [-0.2, -0.15) is 0 Å². The number of aryl methyl sites for hydroxylation is 6. The molecule has 6 aromatic carbocycles. The number of hydrogen-bond donors (Lipinski definition) is 6. The van der Waals surface area contributed by atoms with Gasteiger partial charge in [-0.05, 0) is 181 Å². The van der Waals surface area contributed by atoms with Crippen LogP contribution in [0.4, 0.5) is 34.1 Å². The Balaban J connectivity index is 0.000000175. The van der Waals surface area contributed by atoms with Gasteiger partial charge in [0.15, 0.2) is 0 Å². The molecule has 6 aromatic rings. The third-order valence-corrected chi connectivity index (χ3v) is 9.19. The van der Waals surface area contributed by atoms with E-state index in [1.807, 2.05) is 102 Å². The minimum absolute atomic E-state index is 0.615. The summed E-state index contributed by atoms with van der Waals surface area (Å²) in [6.07, 6.45) is 0. The van der Waals surface area contributed by atoms with E-state index in [-0.39, 0.29) is 0 Å². The van der Waals surface area contributed by atoms with Crippen LogP contribution in [0.15, 0.2) is 97.1 Å². The van der Waals surface area contributed by atoms with E-state index >= 15 is 0 Å². The van der Waals surface area contributed by atoms with Crippen molar-refractivity contribution in [3.8, 4) is 44.9 Å². The lowest BCUT2D eigenvalue weighted by atomic mass is 9.95. The fraction of sp³-hybridized carbons (Fsp3) is 0.182. The van der Waals surface area contributed by atoms with Crippen LogP contribution in [0.25, 0.3) is 33.4 Å². The lowest BCUT2D eigenvalue weighted by Crippen LogP contribution is -1.97. The van der Waals surface area contributed by atoms with Crippen molar-refractivity contribution in [2.75, 3.05) is 48.6 Å². The Morgan fingerprint density at radius 3 is 0.827 bits per heavy atom. The lowest BCUT2D eigenvalue weighted by molar-refractivity contribution is 0.416. The van der Waals surface area contributed by atoms with E-state index in [0.29, 0.717) is 22.9 Å². The van der Waals surface area contributed by atoms with E-state index in [0.717, 1.165) is 67.3 Å². The van der Waals surface area contributed by atoms with Crippen LogP contribution >= 0.6 is 0 Å². The molecule has 0 aromatic heterocycles. The van der Waals surface area contributed by atoms with Gasteiger partial charge in [0.25, 0.3) is 0 Å². The van der Waals surface area contributed by atoms with Crippen LogP contribution < -0.4 is 43.9 Å². The normalized spacial score (nSPS) is 10.4. The smallest absolute Gasteiger partial charge is 0.142 e. The number of ether oxygens (including phenoxy) is 2. The summed E-state index contributed by atoms with van der Waals surface area (Å²) in [5, 5.41) is 0. The fourth-order valence-corrected chi connectivity index (χ4v) is 5.77. The van der Waals surface area contributed by atoms with Crippen molar-refractivity contribution >= 4 is 34.1 Å². The number of anilines is 6. The Morgan fingerprint density at radius 2 is 0.558 bits per heavy atom. The lowest BCUT2D eigenvalue weighted by Gasteiger charge is -2.12. The van der Waals surface area contributed by atoms with Crippen molar-refractivity contribution in [3.05, 3.63) is 130 Å². The molecule has 8 heteroatoms. The molecule has 0 radical (unpaired) electrons. The van der Waals surface area contributed by atoms with Crippen LogP contribution in [0.3, 0.4) is 0 Å². The summed E-state index contributed by atoms with van der Waals surface area (Å²) < 4.78 is 10.4. The van der Waals surface area contributed by atoms with E-state index in [1.165, 1.54) is 22.3 Å². The summed E-state index contributed by atoms with van der Waals surface area (Å²) in [7, 11) is 3.19. The predicted molar refractivity (Wildman–Crippen MR) is 224 cm³/mol. The summed E-state index contributed by atoms with van der Waals surface area (Å²) in [4.78, 5) is 0. The molecule has 0 spiro atoms. The number of benzene rings is 6. The van der Waals surface area contributed by atoms with Crippen molar-refractivity contribution in [1.29, 1.82) is 0 Å². The molecule has 270 valence electrons. The third-order valence-electron chi connectivity index (χ3n) is 9.19. The van der Waals surface area contributed by atoms with Gasteiger partial charge >= 0.3 is 0 Å². The second-order valence-electron chi connectivity index (χ2n) is 13.1. The molecule has 12 N–H and O–H groups in total. The number of nitrogens with two attached hydrogens (primary N) is 6. The first-order valence-electron chi connectivity index (χ1n) is 17.0. The van der Waals surface area contributed by atoms with Gasteiger partial charge in [0.2, 0.25) is 0 Å². The highest BCUT2D eigenvalue weighted by molar-refractivity contribution is 5.75. The monoisotopic (exact) mass is 696 g/mol. The molecule has 0 aliphatic carbocycles. The van der Waals surface area contributed by atoms with Crippen LogP contribution in [0.2, 0.25) is 0 Å².